The number of ketones is 1. The van der Waals surface area contributed by atoms with Gasteiger partial charge in [-0.05, 0) is 48.6 Å². The minimum absolute atomic E-state index is 0.0147. The predicted molar refractivity (Wildman–Crippen MR) is 128 cm³/mol. The number of rotatable bonds is 3. The SMILES string of the molecule is CC1=C(C(=O)Nc2nc3ccccc3s2)[C@H](c2ccc(F)cc2)C2=C(CC(C)(C)CC2=O)N1. The molecule has 3 aromatic rings. The Labute approximate surface area is 195 Å². The van der Waals surface area contributed by atoms with Crippen molar-refractivity contribution in [3.05, 3.63) is 82.5 Å². The maximum Gasteiger partial charge on any atom is 0.256 e. The number of halogens is 1. The number of allylic oxidation sites excluding steroid dienone is 3. The van der Waals surface area contributed by atoms with Gasteiger partial charge < -0.3 is 5.32 Å². The van der Waals surface area contributed by atoms with Crippen LogP contribution in [-0.4, -0.2) is 16.7 Å². The highest BCUT2D eigenvalue weighted by molar-refractivity contribution is 7.22. The third-order valence-corrected chi connectivity index (χ3v) is 7.15. The lowest BCUT2D eigenvalue weighted by atomic mass is 9.68. The van der Waals surface area contributed by atoms with Crippen LogP contribution in [0.3, 0.4) is 0 Å². The molecule has 1 amide bonds. The van der Waals surface area contributed by atoms with Crippen molar-refractivity contribution in [2.75, 3.05) is 5.32 Å². The van der Waals surface area contributed by atoms with Crippen molar-refractivity contribution in [2.24, 2.45) is 5.41 Å². The van der Waals surface area contributed by atoms with E-state index in [0.29, 0.717) is 40.4 Å². The summed E-state index contributed by atoms with van der Waals surface area (Å²) < 4.78 is 14.7. The van der Waals surface area contributed by atoms with E-state index in [-0.39, 0.29) is 22.9 Å². The molecule has 0 spiro atoms. The number of amides is 1. The van der Waals surface area contributed by atoms with E-state index in [2.05, 4.69) is 29.5 Å². The number of para-hydroxylation sites is 1. The zero-order valence-electron chi connectivity index (χ0n) is 18.7. The number of fused-ring (bicyclic) bond motifs is 1. The fraction of sp³-hybridized carbons (Fsp3) is 0.269. The molecule has 7 heteroatoms. The average Bonchev–Trinajstić information content (AvgIpc) is 3.14. The van der Waals surface area contributed by atoms with Crippen LogP contribution in [0.5, 0.6) is 0 Å². The molecule has 0 saturated heterocycles. The number of hydrogen-bond acceptors (Lipinski definition) is 5. The number of hydrogen-bond donors (Lipinski definition) is 2. The van der Waals surface area contributed by atoms with Crippen LogP contribution < -0.4 is 10.6 Å². The second kappa shape index (κ2) is 7.92. The topological polar surface area (TPSA) is 71.1 Å². The molecule has 1 aromatic heterocycles. The number of nitrogens with one attached hydrogen (secondary N) is 2. The van der Waals surface area contributed by atoms with Gasteiger partial charge in [0.2, 0.25) is 0 Å². The number of thiazole rings is 1. The van der Waals surface area contributed by atoms with Crippen LogP contribution in [-0.2, 0) is 9.59 Å². The van der Waals surface area contributed by atoms with Crippen molar-refractivity contribution < 1.29 is 14.0 Å². The summed E-state index contributed by atoms with van der Waals surface area (Å²) in [6, 6.07) is 13.7. The van der Waals surface area contributed by atoms with E-state index >= 15 is 0 Å². The average molecular weight is 462 g/mol. The van der Waals surface area contributed by atoms with Crippen LogP contribution in [0.1, 0.15) is 45.1 Å². The van der Waals surface area contributed by atoms with Gasteiger partial charge >= 0.3 is 0 Å². The Morgan fingerprint density at radius 3 is 2.61 bits per heavy atom. The first-order chi connectivity index (χ1) is 15.7. The molecule has 2 heterocycles. The Morgan fingerprint density at radius 1 is 1.15 bits per heavy atom. The Balaban J connectivity index is 1.57. The molecule has 0 unspecified atom stereocenters. The van der Waals surface area contributed by atoms with Crippen LogP contribution in [0.15, 0.2) is 71.1 Å². The summed E-state index contributed by atoms with van der Waals surface area (Å²) in [7, 11) is 0. The van der Waals surface area contributed by atoms with Crippen molar-refractivity contribution in [1.29, 1.82) is 0 Å². The molecule has 0 radical (unpaired) electrons. The van der Waals surface area contributed by atoms with Gasteiger partial charge in [0.15, 0.2) is 10.9 Å². The second-order valence-electron chi connectivity index (χ2n) is 9.42. The summed E-state index contributed by atoms with van der Waals surface area (Å²) in [4.78, 5) is 31.4. The first-order valence-corrected chi connectivity index (χ1v) is 11.7. The molecule has 0 bridgehead atoms. The van der Waals surface area contributed by atoms with Crippen molar-refractivity contribution >= 4 is 38.4 Å². The number of aromatic nitrogens is 1. The standard InChI is InChI=1S/C26H24FN3O2S/c1-14-21(24(32)30-25-29-17-6-4-5-7-20(17)33-25)22(15-8-10-16(27)11-9-15)23-18(28-14)12-26(2,3)13-19(23)31/h4-11,22,28H,12-13H2,1-3H3,(H,29,30,32)/t22-/m0/s1. The number of Topliss-reactive ketones (excluding diaryl/α,β-unsaturated/α-hetero) is 1. The van der Waals surface area contributed by atoms with Gasteiger partial charge in [0, 0.05) is 34.9 Å². The minimum atomic E-state index is -0.570. The van der Waals surface area contributed by atoms with E-state index in [4.69, 9.17) is 0 Å². The largest absolute Gasteiger partial charge is 0.362 e. The summed E-state index contributed by atoms with van der Waals surface area (Å²) in [6.45, 7) is 5.98. The van der Waals surface area contributed by atoms with Gasteiger partial charge in [0.1, 0.15) is 5.82 Å². The maximum atomic E-state index is 13.7. The molecule has 2 aromatic carbocycles. The predicted octanol–water partition coefficient (Wildman–Crippen LogP) is 5.68. The molecule has 2 aliphatic rings. The lowest BCUT2D eigenvalue weighted by Gasteiger charge is -2.39. The first-order valence-electron chi connectivity index (χ1n) is 10.9. The smallest absolute Gasteiger partial charge is 0.256 e. The zero-order chi connectivity index (χ0) is 23.3. The van der Waals surface area contributed by atoms with Crippen LogP contribution in [0.25, 0.3) is 10.2 Å². The van der Waals surface area contributed by atoms with Gasteiger partial charge in [-0.2, -0.15) is 0 Å². The Bertz CT molecular complexity index is 1320. The van der Waals surface area contributed by atoms with Crippen molar-refractivity contribution in [2.45, 2.75) is 39.5 Å². The molecule has 0 saturated carbocycles. The number of dihydropyridines is 1. The summed E-state index contributed by atoms with van der Waals surface area (Å²) in [5.41, 5.74) is 3.94. The molecule has 5 rings (SSSR count). The number of nitrogens with zero attached hydrogens (tertiary/aromatic N) is 1. The highest BCUT2D eigenvalue weighted by atomic mass is 32.1. The van der Waals surface area contributed by atoms with Crippen molar-refractivity contribution in [3.63, 3.8) is 0 Å². The first kappa shape index (κ1) is 21.5. The molecule has 168 valence electrons. The van der Waals surface area contributed by atoms with Crippen molar-refractivity contribution in [1.82, 2.24) is 10.3 Å². The molecule has 0 fully saturated rings. The van der Waals surface area contributed by atoms with Crippen LogP contribution in [0, 0.1) is 11.2 Å². The highest BCUT2D eigenvalue weighted by Gasteiger charge is 2.42. The number of carbonyl (C=O) groups is 2. The summed E-state index contributed by atoms with van der Waals surface area (Å²) >= 11 is 1.40. The number of anilines is 1. The van der Waals surface area contributed by atoms with Crippen molar-refractivity contribution in [3.8, 4) is 0 Å². The second-order valence-corrected chi connectivity index (χ2v) is 10.5. The Morgan fingerprint density at radius 2 is 1.88 bits per heavy atom. The van der Waals surface area contributed by atoms with Gasteiger partial charge in [-0.1, -0.05) is 49.4 Å². The highest BCUT2D eigenvalue weighted by Crippen LogP contribution is 2.46. The number of carbonyl (C=O) groups excluding carboxylic acids is 2. The van der Waals surface area contributed by atoms with E-state index < -0.39 is 5.92 Å². The zero-order valence-corrected chi connectivity index (χ0v) is 19.5. The molecular weight excluding hydrogens is 437 g/mol. The van der Waals surface area contributed by atoms with Crippen LogP contribution in [0.2, 0.25) is 0 Å². The molecule has 5 nitrogen and oxygen atoms in total. The van der Waals surface area contributed by atoms with Gasteiger partial charge in [0.05, 0.1) is 10.2 Å². The quantitative estimate of drug-likeness (QED) is 0.527. The number of benzene rings is 2. The lowest BCUT2D eigenvalue weighted by Crippen LogP contribution is -2.39. The molecule has 1 atom stereocenters. The fourth-order valence-electron chi connectivity index (χ4n) is 4.82. The monoisotopic (exact) mass is 461 g/mol. The van der Waals surface area contributed by atoms with Gasteiger partial charge in [-0.3, -0.25) is 14.9 Å². The van der Waals surface area contributed by atoms with Gasteiger partial charge in [0.25, 0.3) is 5.91 Å². The third kappa shape index (κ3) is 3.97. The van der Waals surface area contributed by atoms with E-state index in [9.17, 15) is 14.0 Å². The minimum Gasteiger partial charge on any atom is -0.362 e. The molecule has 33 heavy (non-hydrogen) atoms. The van der Waals surface area contributed by atoms with Crippen LogP contribution >= 0.6 is 11.3 Å². The van der Waals surface area contributed by atoms with E-state index in [1.165, 1.54) is 23.5 Å². The molecule has 1 aliphatic heterocycles. The molecule has 2 N–H and O–H groups in total. The van der Waals surface area contributed by atoms with E-state index in [1.54, 1.807) is 12.1 Å². The summed E-state index contributed by atoms with van der Waals surface area (Å²) in [6.07, 6.45) is 1.10. The van der Waals surface area contributed by atoms with E-state index in [1.807, 2.05) is 31.2 Å². The van der Waals surface area contributed by atoms with Gasteiger partial charge in [-0.15, -0.1) is 0 Å². The third-order valence-electron chi connectivity index (χ3n) is 6.20. The Kier molecular flexibility index (Phi) is 5.16. The lowest BCUT2D eigenvalue weighted by molar-refractivity contribution is -0.118. The van der Waals surface area contributed by atoms with Gasteiger partial charge in [-0.25, -0.2) is 9.37 Å². The fourth-order valence-corrected chi connectivity index (χ4v) is 5.68. The van der Waals surface area contributed by atoms with E-state index in [0.717, 1.165) is 15.9 Å². The summed E-state index contributed by atoms with van der Waals surface area (Å²) in [5, 5.41) is 6.77. The Hall–Kier alpha value is -3.32. The normalized spacial score (nSPS) is 20.0. The maximum absolute atomic E-state index is 13.7. The van der Waals surface area contributed by atoms with Crippen LogP contribution in [0.4, 0.5) is 9.52 Å². The summed E-state index contributed by atoms with van der Waals surface area (Å²) in [5.74, 6) is -1.24. The molecular formula is C26H24FN3O2S. The molecule has 1 aliphatic carbocycles.